The minimum atomic E-state index is -0.359. The van der Waals surface area contributed by atoms with Crippen LogP contribution in [0.1, 0.15) is 12.5 Å². The smallest absolute Gasteiger partial charge is 0.269 e. The molecule has 0 amide bonds. The van der Waals surface area contributed by atoms with Crippen LogP contribution >= 0.6 is 0 Å². The van der Waals surface area contributed by atoms with Gasteiger partial charge in [-0.15, -0.1) is 0 Å². The fraction of sp³-hybridized carbons (Fsp3) is 0.500. The first-order valence-corrected chi connectivity index (χ1v) is 5.77. The number of hydrogen-bond donors (Lipinski definition) is 1. The van der Waals surface area contributed by atoms with Crippen LogP contribution in [0.5, 0.6) is 0 Å². The highest BCUT2D eigenvalue weighted by Gasteiger charge is 2.26. The van der Waals surface area contributed by atoms with E-state index in [4.69, 9.17) is 5.73 Å². The van der Waals surface area contributed by atoms with Crippen molar-refractivity contribution in [2.45, 2.75) is 19.5 Å². The Morgan fingerprint density at radius 2 is 2.29 bits per heavy atom. The van der Waals surface area contributed by atoms with Gasteiger partial charge in [-0.1, -0.05) is 19.1 Å². The Bertz CT molecular complexity index is 412. The number of rotatable bonds is 3. The fourth-order valence-corrected chi connectivity index (χ4v) is 2.25. The highest BCUT2D eigenvalue weighted by Crippen LogP contribution is 2.19. The quantitative estimate of drug-likeness (QED) is 0.634. The normalized spacial score (nSPS) is 25.1. The van der Waals surface area contributed by atoms with E-state index in [-0.39, 0.29) is 16.7 Å². The van der Waals surface area contributed by atoms with Crippen LogP contribution in [0.3, 0.4) is 0 Å². The Hall–Kier alpha value is -1.46. The predicted octanol–water partition coefficient (Wildman–Crippen LogP) is 1.37. The number of nitrogens with zero attached hydrogens (tertiary/aromatic N) is 2. The van der Waals surface area contributed by atoms with Gasteiger partial charge in [0.25, 0.3) is 5.69 Å². The Labute approximate surface area is 100 Å². The van der Waals surface area contributed by atoms with Crippen molar-refractivity contribution in [2.24, 2.45) is 11.7 Å². The molecule has 2 rings (SSSR count). The largest absolute Gasteiger partial charge is 0.326 e. The lowest BCUT2D eigenvalue weighted by Gasteiger charge is -2.14. The summed E-state index contributed by atoms with van der Waals surface area (Å²) in [5.41, 5.74) is 7.08. The van der Waals surface area contributed by atoms with Gasteiger partial charge < -0.3 is 5.73 Å². The van der Waals surface area contributed by atoms with E-state index in [1.165, 1.54) is 6.07 Å². The Balaban J connectivity index is 2.04. The number of hydrogen-bond acceptors (Lipinski definition) is 4. The molecule has 5 nitrogen and oxygen atoms in total. The van der Waals surface area contributed by atoms with Crippen molar-refractivity contribution in [3.05, 3.63) is 39.9 Å². The molecule has 2 N–H and O–H groups in total. The van der Waals surface area contributed by atoms with Gasteiger partial charge in [-0.3, -0.25) is 15.0 Å². The molecule has 1 aromatic rings. The highest BCUT2D eigenvalue weighted by atomic mass is 16.6. The zero-order chi connectivity index (χ0) is 12.4. The second kappa shape index (κ2) is 4.81. The van der Waals surface area contributed by atoms with E-state index in [1.807, 2.05) is 6.07 Å². The zero-order valence-electron chi connectivity index (χ0n) is 9.87. The molecular weight excluding hydrogens is 218 g/mol. The molecule has 1 saturated heterocycles. The molecule has 0 aliphatic carbocycles. The van der Waals surface area contributed by atoms with Gasteiger partial charge in [-0.25, -0.2) is 0 Å². The van der Waals surface area contributed by atoms with Gasteiger partial charge in [0.05, 0.1) is 4.92 Å². The lowest BCUT2D eigenvalue weighted by atomic mass is 10.1. The van der Waals surface area contributed by atoms with Crippen molar-refractivity contribution in [1.82, 2.24) is 4.90 Å². The van der Waals surface area contributed by atoms with Crippen LogP contribution in [0, 0.1) is 16.0 Å². The topological polar surface area (TPSA) is 72.4 Å². The molecule has 0 bridgehead atoms. The number of benzene rings is 1. The van der Waals surface area contributed by atoms with Gasteiger partial charge in [-0.2, -0.15) is 0 Å². The second-order valence-electron chi connectivity index (χ2n) is 4.76. The summed E-state index contributed by atoms with van der Waals surface area (Å²) in [6, 6.07) is 7.01. The number of nitro groups is 1. The third kappa shape index (κ3) is 2.81. The summed E-state index contributed by atoms with van der Waals surface area (Å²) in [5.74, 6) is 0.494. The van der Waals surface area contributed by atoms with E-state index in [0.29, 0.717) is 5.92 Å². The molecule has 2 unspecified atom stereocenters. The maximum atomic E-state index is 10.7. The average molecular weight is 235 g/mol. The van der Waals surface area contributed by atoms with Gasteiger partial charge in [0, 0.05) is 37.8 Å². The van der Waals surface area contributed by atoms with Crippen molar-refractivity contribution < 1.29 is 4.92 Å². The number of nitrogens with two attached hydrogens (primary N) is 1. The Morgan fingerprint density at radius 1 is 1.53 bits per heavy atom. The van der Waals surface area contributed by atoms with Gasteiger partial charge in [0.2, 0.25) is 0 Å². The van der Waals surface area contributed by atoms with Crippen LogP contribution in [0.15, 0.2) is 24.3 Å². The summed E-state index contributed by atoms with van der Waals surface area (Å²) >= 11 is 0. The van der Waals surface area contributed by atoms with Gasteiger partial charge in [0.1, 0.15) is 0 Å². The van der Waals surface area contributed by atoms with Crippen molar-refractivity contribution in [3.63, 3.8) is 0 Å². The molecule has 0 saturated carbocycles. The van der Waals surface area contributed by atoms with Crippen LogP contribution in [-0.4, -0.2) is 29.0 Å². The van der Waals surface area contributed by atoms with E-state index < -0.39 is 0 Å². The van der Waals surface area contributed by atoms with Crippen LogP contribution in [-0.2, 0) is 6.54 Å². The molecule has 17 heavy (non-hydrogen) atoms. The Morgan fingerprint density at radius 3 is 2.88 bits per heavy atom. The molecule has 1 heterocycles. The van der Waals surface area contributed by atoms with E-state index in [0.717, 1.165) is 25.2 Å². The van der Waals surface area contributed by atoms with Crippen molar-refractivity contribution >= 4 is 5.69 Å². The molecule has 5 heteroatoms. The standard InChI is InChI=1S/C12H17N3O2/c1-9-6-14(8-12(9)13)7-10-3-2-4-11(5-10)15(16)17/h2-5,9,12H,6-8,13H2,1H3. The van der Waals surface area contributed by atoms with Crippen molar-refractivity contribution in [2.75, 3.05) is 13.1 Å². The third-order valence-electron chi connectivity index (χ3n) is 3.27. The van der Waals surface area contributed by atoms with Gasteiger partial charge in [-0.05, 0) is 11.5 Å². The predicted molar refractivity (Wildman–Crippen MR) is 65.5 cm³/mol. The number of likely N-dealkylation sites (tertiary alicyclic amines) is 1. The summed E-state index contributed by atoms with van der Waals surface area (Å²) in [5, 5.41) is 10.7. The fourth-order valence-electron chi connectivity index (χ4n) is 2.25. The zero-order valence-corrected chi connectivity index (χ0v) is 9.87. The van der Waals surface area contributed by atoms with Crippen LogP contribution < -0.4 is 5.73 Å². The molecule has 1 aliphatic heterocycles. The van der Waals surface area contributed by atoms with E-state index in [9.17, 15) is 10.1 Å². The summed E-state index contributed by atoms with van der Waals surface area (Å²) in [6.45, 7) is 4.70. The lowest BCUT2D eigenvalue weighted by molar-refractivity contribution is -0.384. The first kappa shape index (κ1) is 12.0. The first-order chi connectivity index (χ1) is 8.06. The summed E-state index contributed by atoms with van der Waals surface area (Å²) < 4.78 is 0. The maximum Gasteiger partial charge on any atom is 0.269 e. The number of non-ortho nitro benzene ring substituents is 1. The van der Waals surface area contributed by atoms with E-state index in [2.05, 4.69) is 11.8 Å². The molecule has 1 aromatic carbocycles. The number of nitro benzene ring substituents is 1. The van der Waals surface area contributed by atoms with Crippen LogP contribution in [0.2, 0.25) is 0 Å². The monoisotopic (exact) mass is 235 g/mol. The van der Waals surface area contributed by atoms with Gasteiger partial charge >= 0.3 is 0 Å². The molecule has 0 aromatic heterocycles. The molecular formula is C12H17N3O2. The molecule has 0 spiro atoms. The Kier molecular flexibility index (Phi) is 3.40. The average Bonchev–Trinajstić information content (AvgIpc) is 2.58. The SMILES string of the molecule is CC1CN(Cc2cccc([N+](=O)[O-])c2)CC1N. The van der Waals surface area contributed by atoms with Crippen LogP contribution in [0.25, 0.3) is 0 Å². The van der Waals surface area contributed by atoms with E-state index >= 15 is 0 Å². The van der Waals surface area contributed by atoms with Crippen molar-refractivity contribution in [3.8, 4) is 0 Å². The molecule has 2 atom stereocenters. The van der Waals surface area contributed by atoms with Crippen molar-refractivity contribution in [1.29, 1.82) is 0 Å². The third-order valence-corrected chi connectivity index (χ3v) is 3.27. The maximum absolute atomic E-state index is 10.7. The minimum Gasteiger partial charge on any atom is -0.326 e. The molecule has 92 valence electrons. The van der Waals surface area contributed by atoms with E-state index in [1.54, 1.807) is 12.1 Å². The molecule has 1 fully saturated rings. The highest BCUT2D eigenvalue weighted by molar-refractivity contribution is 5.34. The second-order valence-corrected chi connectivity index (χ2v) is 4.76. The van der Waals surface area contributed by atoms with Crippen LogP contribution in [0.4, 0.5) is 5.69 Å². The van der Waals surface area contributed by atoms with Gasteiger partial charge in [0.15, 0.2) is 0 Å². The minimum absolute atomic E-state index is 0.152. The lowest BCUT2D eigenvalue weighted by Crippen LogP contribution is -2.28. The summed E-state index contributed by atoms with van der Waals surface area (Å²) in [6.07, 6.45) is 0. The first-order valence-electron chi connectivity index (χ1n) is 5.77. The summed E-state index contributed by atoms with van der Waals surface area (Å²) in [7, 11) is 0. The molecule has 0 radical (unpaired) electrons. The summed E-state index contributed by atoms with van der Waals surface area (Å²) in [4.78, 5) is 12.6. The molecule has 1 aliphatic rings.